The van der Waals surface area contributed by atoms with Crippen LogP contribution in [0, 0.1) is 0 Å². The molecule has 2 aromatic rings. The van der Waals surface area contributed by atoms with Gasteiger partial charge in [-0.15, -0.1) is 0 Å². The van der Waals surface area contributed by atoms with E-state index in [9.17, 15) is 19.2 Å². The molecule has 1 aromatic heterocycles. The summed E-state index contributed by atoms with van der Waals surface area (Å²) in [5, 5.41) is 0.844. The number of hydrogen-bond acceptors (Lipinski definition) is 8. The van der Waals surface area contributed by atoms with Crippen LogP contribution in [0.1, 0.15) is 76.0 Å². The lowest BCUT2D eigenvalue weighted by Crippen LogP contribution is -2.11. The van der Waals surface area contributed by atoms with Gasteiger partial charge in [-0.1, -0.05) is 31.9 Å². The molecule has 0 amide bonds. The van der Waals surface area contributed by atoms with E-state index in [1.165, 1.54) is 0 Å². The topological polar surface area (TPSA) is 109 Å². The zero-order valence-electron chi connectivity index (χ0n) is 25.3. The lowest BCUT2D eigenvalue weighted by molar-refractivity contribution is -0.139. The summed E-state index contributed by atoms with van der Waals surface area (Å²) >= 11 is 0. The Morgan fingerprint density at radius 2 is 1.37 bits per heavy atom. The van der Waals surface area contributed by atoms with Gasteiger partial charge in [0.2, 0.25) is 0 Å². The van der Waals surface area contributed by atoms with Gasteiger partial charge >= 0.3 is 23.5 Å². The molecular weight excluding hydrogens is 548 g/mol. The number of fused-ring (bicyclic) bond motifs is 1. The van der Waals surface area contributed by atoms with Gasteiger partial charge in [0.1, 0.15) is 11.3 Å². The molecule has 43 heavy (non-hydrogen) atoms. The molecule has 1 heterocycles. The number of benzene rings is 1. The Morgan fingerprint density at radius 1 is 0.767 bits per heavy atom. The molecule has 1 aliphatic rings. The van der Waals surface area contributed by atoms with Crippen LogP contribution in [-0.2, 0) is 41.4 Å². The van der Waals surface area contributed by atoms with Crippen LogP contribution in [0.15, 0.2) is 81.8 Å². The molecule has 8 heteroatoms. The van der Waals surface area contributed by atoms with Crippen LogP contribution in [-0.4, -0.2) is 31.1 Å². The molecule has 0 radical (unpaired) electrons. The second-order valence-electron chi connectivity index (χ2n) is 10.9. The average Bonchev–Trinajstić information content (AvgIpc) is 2.96. The van der Waals surface area contributed by atoms with Gasteiger partial charge in [-0.25, -0.2) is 19.2 Å². The summed E-state index contributed by atoms with van der Waals surface area (Å²) in [5.41, 5.74) is 4.44. The summed E-state index contributed by atoms with van der Waals surface area (Å²) in [6, 6.07) is 5.89. The molecular formula is C35H40O8. The van der Waals surface area contributed by atoms with Crippen molar-refractivity contribution in [3.8, 4) is 0 Å². The highest BCUT2D eigenvalue weighted by Crippen LogP contribution is 2.30. The van der Waals surface area contributed by atoms with Crippen LogP contribution in [0.2, 0.25) is 0 Å². The Morgan fingerprint density at radius 3 is 1.93 bits per heavy atom. The Hall–Kier alpha value is -4.46. The van der Waals surface area contributed by atoms with E-state index >= 15 is 0 Å². The Labute approximate surface area is 252 Å². The Bertz CT molecular complexity index is 1550. The number of unbranched alkanes of at least 4 members (excludes halogenated alkanes) is 2. The summed E-state index contributed by atoms with van der Waals surface area (Å²) in [6.45, 7) is 16.2. The predicted octanol–water partition coefficient (Wildman–Crippen LogP) is 6.86. The van der Waals surface area contributed by atoms with Gasteiger partial charge in [-0.2, -0.15) is 0 Å². The summed E-state index contributed by atoms with van der Waals surface area (Å²) in [5.74, 6) is -0.752. The summed E-state index contributed by atoms with van der Waals surface area (Å²) in [6.07, 6.45) is 8.79. The van der Waals surface area contributed by atoms with Crippen LogP contribution in [0.3, 0.4) is 0 Å². The van der Waals surface area contributed by atoms with Crippen LogP contribution in [0.5, 0.6) is 0 Å². The fraction of sp³-hybridized carbons (Fsp3) is 0.371. The van der Waals surface area contributed by atoms with Crippen LogP contribution in [0.4, 0.5) is 0 Å². The molecule has 228 valence electrons. The first-order chi connectivity index (χ1) is 20.5. The average molecular weight is 589 g/mol. The SMILES string of the molecule is C=C(C)C(=O)OCCCCc1cc(CCCCOC(=O)C(=C)C)c2cc(C3=CC=C(OC(=O)C(=C)C)CC3)c(=O)oc2c1. The predicted molar refractivity (Wildman–Crippen MR) is 166 cm³/mol. The number of hydrogen-bond donors (Lipinski definition) is 0. The molecule has 0 saturated carbocycles. The fourth-order valence-corrected chi connectivity index (χ4v) is 4.49. The van der Waals surface area contributed by atoms with Crippen molar-refractivity contribution in [1.82, 2.24) is 0 Å². The lowest BCUT2D eigenvalue weighted by Gasteiger charge is -2.16. The van der Waals surface area contributed by atoms with Crippen molar-refractivity contribution in [2.45, 2.75) is 72.1 Å². The van der Waals surface area contributed by atoms with Gasteiger partial charge in [-0.05, 0) is 101 Å². The number of esters is 3. The monoisotopic (exact) mass is 588 g/mol. The number of carbonyl (C=O) groups excluding carboxylic acids is 3. The standard InChI is InChI=1S/C35H40O8/c1-22(2)32(36)40-17-9-7-11-25-19-27(12-8-10-18-41-33(37)23(3)4)29-21-30(35(39)43-31(29)20-25)26-13-15-28(16-14-26)42-34(38)24(5)6/h13,15,19-21H,1,3,5,7-12,14,16-18H2,2,4,6H3. The molecule has 0 atom stereocenters. The van der Waals surface area contributed by atoms with Crippen molar-refractivity contribution in [3.05, 3.63) is 99.7 Å². The molecule has 1 aliphatic carbocycles. The molecule has 0 spiro atoms. The van der Waals surface area contributed by atoms with E-state index in [0.29, 0.717) is 78.9 Å². The number of aryl methyl sites for hydroxylation is 2. The second-order valence-corrected chi connectivity index (χ2v) is 10.9. The maximum atomic E-state index is 13.1. The summed E-state index contributed by atoms with van der Waals surface area (Å²) in [7, 11) is 0. The third-order valence-electron chi connectivity index (χ3n) is 6.89. The quantitative estimate of drug-likeness (QED) is 0.0730. The third kappa shape index (κ3) is 9.81. The first kappa shape index (κ1) is 33.0. The van der Waals surface area contributed by atoms with Crippen molar-refractivity contribution in [3.63, 3.8) is 0 Å². The van der Waals surface area contributed by atoms with E-state index in [4.69, 9.17) is 18.6 Å². The van der Waals surface area contributed by atoms with Gasteiger partial charge in [-0.3, -0.25) is 0 Å². The largest absolute Gasteiger partial charge is 0.462 e. The first-order valence-electron chi connectivity index (χ1n) is 14.5. The highest BCUT2D eigenvalue weighted by Gasteiger charge is 2.18. The van der Waals surface area contributed by atoms with E-state index in [-0.39, 0.29) is 0 Å². The molecule has 0 fully saturated rings. The molecule has 0 aliphatic heterocycles. The number of carbonyl (C=O) groups is 3. The molecule has 0 saturated heterocycles. The van der Waals surface area contributed by atoms with E-state index < -0.39 is 23.5 Å². The Kier molecular flexibility index (Phi) is 12.0. The minimum Gasteiger partial charge on any atom is -0.462 e. The zero-order chi connectivity index (χ0) is 31.5. The summed E-state index contributed by atoms with van der Waals surface area (Å²) in [4.78, 5) is 48.3. The second kappa shape index (κ2) is 15.7. The van der Waals surface area contributed by atoms with Gasteiger partial charge in [0.15, 0.2) is 0 Å². The van der Waals surface area contributed by atoms with Crippen molar-refractivity contribution in [1.29, 1.82) is 0 Å². The van der Waals surface area contributed by atoms with Gasteiger partial charge in [0.05, 0.1) is 18.8 Å². The number of allylic oxidation sites excluding steroid dienone is 4. The molecule has 0 unspecified atom stereocenters. The Balaban J connectivity index is 1.82. The van der Waals surface area contributed by atoms with Crippen molar-refractivity contribution >= 4 is 34.5 Å². The molecule has 0 N–H and O–H groups in total. The minimum atomic E-state index is -0.476. The maximum absolute atomic E-state index is 13.1. The fourth-order valence-electron chi connectivity index (χ4n) is 4.49. The lowest BCUT2D eigenvalue weighted by atomic mass is 9.93. The number of ether oxygens (including phenoxy) is 3. The van der Waals surface area contributed by atoms with E-state index in [2.05, 4.69) is 25.8 Å². The van der Waals surface area contributed by atoms with Crippen LogP contribution in [0.25, 0.3) is 16.5 Å². The summed E-state index contributed by atoms with van der Waals surface area (Å²) < 4.78 is 21.6. The van der Waals surface area contributed by atoms with Crippen molar-refractivity contribution < 1.29 is 33.0 Å². The number of rotatable bonds is 15. The van der Waals surface area contributed by atoms with E-state index in [1.807, 2.05) is 12.1 Å². The smallest absolute Gasteiger partial charge is 0.343 e. The molecule has 8 nitrogen and oxygen atoms in total. The van der Waals surface area contributed by atoms with Gasteiger partial charge in [0, 0.05) is 28.5 Å². The van der Waals surface area contributed by atoms with E-state index in [1.54, 1.807) is 32.9 Å². The van der Waals surface area contributed by atoms with Gasteiger partial charge < -0.3 is 18.6 Å². The molecule has 1 aromatic carbocycles. The van der Waals surface area contributed by atoms with Crippen LogP contribution >= 0.6 is 0 Å². The minimum absolute atomic E-state index is 0.296. The highest BCUT2D eigenvalue weighted by atomic mass is 16.5. The maximum Gasteiger partial charge on any atom is 0.343 e. The zero-order valence-corrected chi connectivity index (χ0v) is 25.3. The molecule has 0 bridgehead atoms. The normalized spacial score (nSPS) is 12.6. The van der Waals surface area contributed by atoms with Crippen molar-refractivity contribution in [2.75, 3.05) is 13.2 Å². The van der Waals surface area contributed by atoms with E-state index in [0.717, 1.165) is 41.3 Å². The van der Waals surface area contributed by atoms with Crippen molar-refractivity contribution in [2.24, 2.45) is 0 Å². The van der Waals surface area contributed by atoms with Crippen LogP contribution < -0.4 is 5.63 Å². The third-order valence-corrected chi connectivity index (χ3v) is 6.89. The van der Waals surface area contributed by atoms with Gasteiger partial charge in [0.25, 0.3) is 0 Å². The first-order valence-corrected chi connectivity index (χ1v) is 14.5. The molecule has 3 rings (SSSR count). The highest BCUT2D eigenvalue weighted by molar-refractivity contribution is 5.88.